The summed E-state index contributed by atoms with van der Waals surface area (Å²) in [6, 6.07) is 3.12. The van der Waals surface area contributed by atoms with E-state index in [2.05, 4.69) is 20.3 Å². The topological polar surface area (TPSA) is 107 Å². The molecule has 0 spiro atoms. The number of aryl methyl sites for hydroxylation is 1. The Hall–Kier alpha value is -2.59. The van der Waals surface area contributed by atoms with E-state index in [0.29, 0.717) is 36.9 Å². The van der Waals surface area contributed by atoms with Crippen molar-refractivity contribution in [3.8, 4) is 11.5 Å². The van der Waals surface area contributed by atoms with Gasteiger partial charge >= 0.3 is 0 Å². The van der Waals surface area contributed by atoms with Crippen LogP contribution in [-0.2, 0) is 16.6 Å². The van der Waals surface area contributed by atoms with Crippen molar-refractivity contribution >= 4 is 10.0 Å². The Morgan fingerprint density at radius 2 is 2.15 bits per heavy atom. The van der Waals surface area contributed by atoms with Gasteiger partial charge in [-0.25, -0.2) is 8.42 Å². The zero-order chi connectivity index (χ0) is 18.9. The molecule has 142 valence electrons. The van der Waals surface area contributed by atoms with Crippen LogP contribution >= 0.6 is 0 Å². The maximum atomic E-state index is 13.1. The molecule has 4 rings (SSSR count). The van der Waals surface area contributed by atoms with Gasteiger partial charge in [-0.3, -0.25) is 9.67 Å². The number of sulfonamides is 1. The summed E-state index contributed by atoms with van der Waals surface area (Å²) in [5, 5.41) is 12.3. The lowest BCUT2D eigenvalue weighted by atomic mass is 10.1. The van der Waals surface area contributed by atoms with Crippen LogP contribution in [0.4, 0.5) is 0 Å². The summed E-state index contributed by atoms with van der Waals surface area (Å²) >= 11 is 0. The van der Waals surface area contributed by atoms with Crippen molar-refractivity contribution in [3.05, 3.63) is 42.8 Å². The largest absolute Gasteiger partial charge is 0.419 e. The molecule has 1 atom stereocenters. The first-order chi connectivity index (χ1) is 13.1. The predicted molar refractivity (Wildman–Crippen MR) is 95.9 cm³/mol. The van der Waals surface area contributed by atoms with Crippen molar-refractivity contribution in [2.45, 2.75) is 43.7 Å². The van der Waals surface area contributed by atoms with Gasteiger partial charge in [-0.2, -0.15) is 9.40 Å². The average Bonchev–Trinajstić information content (AvgIpc) is 3.39. The fourth-order valence-corrected chi connectivity index (χ4v) is 4.81. The van der Waals surface area contributed by atoms with Gasteiger partial charge in [0.25, 0.3) is 0 Å². The summed E-state index contributed by atoms with van der Waals surface area (Å²) in [4.78, 5) is 4.23. The molecule has 1 saturated heterocycles. The van der Waals surface area contributed by atoms with Crippen molar-refractivity contribution in [2.75, 3.05) is 6.54 Å². The SMILES string of the molecule is CCn1cc(S(=O)(=O)N2CCCCC2c2nnc(-c3cccnc3)o2)cn1. The highest BCUT2D eigenvalue weighted by atomic mass is 32.2. The zero-order valence-corrected chi connectivity index (χ0v) is 15.7. The Balaban J connectivity index is 1.66. The lowest BCUT2D eigenvalue weighted by Crippen LogP contribution is -2.38. The van der Waals surface area contributed by atoms with E-state index in [1.165, 1.54) is 10.5 Å². The second-order valence-electron chi connectivity index (χ2n) is 6.35. The highest BCUT2D eigenvalue weighted by Gasteiger charge is 2.38. The standard InChI is InChI=1S/C17H20N6O3S/c1-2-22-12-14(11-19-22)27(24,25)23-9-4-3-7-15(23)17-21-20-16(26-17)13-6-5-8-18-10-13/h5-6,8,10-12,15H,2-4,7,9H2,1H3. The van der Waals surface area contributed by atoms with Crippen LogP contribution in [0, 0.1) is 0 Å². The number of piperidine rings is 1. The van der Waals surface area contributed by atoms with Gasteiger partial charge in [0.05, 0.1) is 11.8 Å². The molecule has 0 aliphatic carbocycles. The summed E-state index contributed by atoms with van der Waals surface area (Å²) in [5.74, 6) is 0.639. The van der Waals surface area contributed by atoms with Crippen LogP contribution in [0.3, 0.4) is 0 Å². The Morgan fingerprint density at radius 3 is 2.89 bits per heavy atom. The van der Waals surface area contributed by atoms with E-state index in [-0.39, 0.29) is 4.90 Å². The predicted octanol–water partition coefficient (Wildman–Crippen LogP) is 2.26. The van der Waals surface area contributed by atoms with Gasteiger partial charge in [-0.1, -0.05) is 6.42 Å². The van der Waals surface area contributed by atoms with Crippen molar-refractivity contribution in [2.24, 2.45) is 0 Å². The first kappa shape index (κ1) is 17.8. The van der Waals surface area contributed by atoms with Crippen molar-refractivity contribution < 1.29 is 12.8 Å². The quantitative estimate of drug-likeness (QED) is 0.660. The minimum absolute atomic E-state index is 0.184. The highest BCUT2D eigenvalue weighted by molar-refractivity contribution is 7.89. The van der Waals surface area contributed by atoms with E-state index in [1.54, 1.807) is 29.3 Å². The number of nitrogens with zero attached hydrogens (tertiary/aromatic N) is 6. The van der Waals surface area contributed by atoms with Gasteiger partial charge in [-0.05, 0) is 31.9 Å². The van der Waals surface area contributed by atoms with E-state index in [1.807, 2.05) is 13.0 Å². The van der Waals surface area contributed by atoms with Gasteiger partial charge < -0.3 is 4.42 Å². The first-order valence-electron chi connectivity index (χ1n) is 8.87. The average molecular weight is 388 g/mol. The van der Waals surface area contributed by atoms with Gasteiger partial charge in [0, 0.05) is 31.7 Å². The molecule has 1 fully saturated rings. The van der Waals surface area contributed by atoms with Crippen LogP contribution in [-0.4, -0.2) is 44.2 Å². The molecule has 3 aromatic rings. The molecule has 10 heteroatoms. The third-order valence-electron chi connectivity index (χ3n) is 4.63. The normalized spacial score (nSPS) is 18.6. The molecular formula is C17H20N6O3S. The molecule has 1 unspecified atom stereocenters. The minimum Gasteiger partial charge on any atom is -0.419 e. The Labute approximate surface area is 157 Å². The Morgan fingerprint density at radius 1 is 1.26 bits per heavy atom. The van der Waals surface area contributed by atoms with Crippen molar-refractivity contribution in [1.82, 2.24) is 29.3 Å². The first-order valence-corrected chi connectivity index (χ1v) is 10.3. The summed E-state index contributed by atoms with van der Waals surface area (Å²) in [6.07, 6.45) is 8.56. The third kappa shape index (κ3) is 3.37. The van der Waals surface area contributed by atoms with E-state index < -0.39 is 16.1 Å². The van der Waals surface area contributed by atoms with Crippen molar-refractivity contribution in [1.29, 1.82) is 0 Å². The van der Waals surface area contributed by atoms with Crippen LogP contribution in [0.25, 0.3) is 11.5 Å². The lowest BCUT2D eigenvalue weighted by molar-refractivity contribution is 0.220. The van der Waals surface area contributed by atoms with Crippen LogP contribution in [0.5, 0.6) is 0 Å². The summed E-state index contributed by atoms with van der Waals surface area (Å²) < 4.78 is 35.2. The molecule has 0 saturated carbocycles. The monoisotopic (exact) mass is 388 g/mol. The van der Waals surface area contributed by atoms with Gasteiger partial charge in [0.1, 0.15) is 10.9 Å². The second kappa shape index (κ2) is 7.20. The van der Waals surface area contributed by atoms with Crippen LogP contribution in [0.2, 0.25) is 0 Å². The fourth-order valence-electron chi connectivity index (χ4n) is 3.20. The summed E-state index contributed by atoms with van der Waals surface area (Å²) in [5.41, 5.74) is 0.700. The molecule has 0 N–H and O–H groups in total. The molecule has 0 amide bonds. The Bertz CT molecular complexity index is 1010. The van der Waals surface area contributed by atoms with E-state index in [9.17, 15) is 8.42 Å². The molecule has 1 aliphatic rings. The number of rotatable bonds is 5. The van der Waals surface area contributed by atoms with E-state index >= 15 is 0 Å². The number of hydrogen-bond acceptors (Lipinski definition) is 7. The maximum Gasteiger partial charge on any atom is 0.249 e. The van der Waals surface area contributed by atoms with Crippen molar-refractivity contribution in [3.63, 3.8) is 0 Å². The van der Waals surface area contributed by atoms with E-state index in [0.717, 1.165) is 12.8 Å². The minimum atomic E-state index is -3.69. The van der Waals surface area contributed by atoms with Crippen LogP contribution in [0.15, 0.2) is 46.2 Å². The third-order valence-corrected chi connectivity index (χ3v) is 6.49. The van der Waals surface area contributed by atoms with Gasteiger partial charge in [0.15, 0.2) is 0 Å². The highest BCUT2D eigenvalue weighted by Crippen LogP contribution is 2.35. The molecule has 4 heterocycles. The zero-order valence-electron chi connectivity index (χ0n) is 14.9. The molecular weight excluding hydrogens is 368 g/mol. The van der Waals surface area contributed by atoms with E-state index in [4.69, 9.17) is 4.42 Å². The van der Waals surface area contributed by atoms with Gasteiger partial charge in [-0.15, -0.1) is 10.2 Å². The molecule has 0 bridgehead atoms. The van der Waals surface area contributed by atoms with Gasteiger partial charge in [0.2, 0.25) is 21.8 Å². The number of hydrogen-bond donors (Lipinski definition) is 0. The fraction of sp³-hybridized carbons (Fsp3) is 0.412. The Kier molecular flexibility index (Phi) is 4.75. The summed E-state index contributed by atoms with van der Waals surface area (Å²) in [6.45, 7) is 2.93. The molecule has 0 radical (unpaired) electrons. The molecule has 9 nitrogen and oxygen atoms in total. The lowest BCUT2D eigenvalue weighted by Gasteiger charge is -2.31. The summed E-state index contributed by atoms with van der Waals surface area (Å²) in [7, 11) is -3.69. The van der Waals surface area contributed by atoms with Crippen LogP contribution in [0.1, 0.15) is 38.1 Å². The molecule has 1 aliphatic heterocycles. The molecule has 27 heavy (non-hydrogen) atoms. The molecule has 0 aromatic carbocycles. The number of aromatic nitrogens is 5. The maximum absolute atomic E-state index is 13.1. The van der Waals surface area contributed by atoms with Crippen LogP contribution < -0.4 is 0 Å². The number of pyridine rings is 1. The second-order valence-corrected chi connectivity index (χ2v) is 8.24. The molecule has 3 aromatic heterocycles. The smallest absolute Gasteiger partial charge is 0.249 e.